The van der Waals surface area contributed by atoms with Crippen molar-refractivity contribution in [2.75, 3.05) is 13.7 Å². The molecule has 16 heavy (non-hydrogen) atoms. The molecule has 0 radical (unpaired) electrons. The van der Waals surface area contributed by atoms with Crippen molar-refractivity contribution in [1.82, 2.24) is 19.7 Å². The molecule has 92 valence electrons. The molecular weight excluding hydrogens is 204 g/mol. The predicted molar refractivity (Wildman–Crippen MR) is 63.0 cm³/mol. The summed E-state index contributed by atoms with van der Waals surface area (Å²) >= 11 is 0. The maximum atomic E-state index is 9.29. The molecule has 0 saturated heterocycles. The fourth-order valence-electron chi connectivity index (χ4n) is 1.37. The second-order valence-electron chi connectivity index (χ2n) is 5.04. The van der Waals surface area contributed by atoms with Crippen molar-refractivity contribution in [3.63, 3.8) is 0 Å². The van der Waals surface area contributed by atoms with E-state index in [9.17, 15) is 5.11 Å². The molecule has 1 heterocycles. The van der Waals surface area contributed by atoms with Crippen LogP contribution in [0.2, 0.25) is 0 Å². The third kappa shape index (κ3) is 2.80. The van der Waals surface area contributed by atoms with Crippen molar-refractivity contribution in [2.45, 2.75) is 45.8 Å². The third-order valence-corrected chi connectivity index (χ3v) is 2.94. The maximum Gasteiger partial charge on any atom is 0.141 e. The van der Waals surface area contributed by atoms with Gasteiger partial charge >= 0.3 is 0 Å². The number of rotatable bonds is 5. The van der Waals surface area contributed by atoms with Gasteiger partial charge in [-0.25, -0.2) is 9.67 Å². The van der Waals surface area contributed by atoms with Gasteiger partial charge in [0.05, 0.1) is 13.2 Å². The van der Waals surface area contributed by atoms with Gasteiger partial charge in [-0.2, -0.15) is 5.10 Å². The Kier molecular flexibility index (Phi) is 4.04. The SMILES string of the molecule is CC(C)n1ncnc1CN(C)C(C)(C)CO. The fourth-order valence-corrected chi connectivity index (χ4v) is 1.37. The van der Waals surface area contributed by atoms with Crippen LogP contribution in [-0.2, 0) is 6.54 Å². The summed E-state index contributed by atoms with van der Waals surface area (Å²) in [7, 11) is 1.98. The van der Waals surface area contributed by atoms with E-state index in [-0.39, 0.29) is 12.1 Å². The van der Waals surface area contributed by atoms with E-state index in [0.29, 0.717) is 12.6 Å². The average Bonchev–Trinajstić information content (AvgIpc) is 2.65. The minimum absolute atomic E-state index is 0.124. The van der Waals surface area contributed by atoms with Gasteiger partial charge in [0.1, 0.15) is 12.2 Å². The molecule has 0 aliphatic rings. The van der Waals surface area contributed by atoms with E-state index in [1.165, 1.54) is 0 Å². The minimum atomic E-state index is -0.242. The number of aromatic nitrogens is 3. The van der Waals surface area contributed by atoms with Crippen LogP contribution < -0.4 is 0 Å². The van der Waals surface area contributed by atoms with Crippen LogP contribution in [-0.4, -0.2) is 44.0 Å². The highest BCUT2D eigenvalue weighted by Gasteiger charge is 2.24. The lowest BCUT2D eigenvalue weighted by atomic mass is 10.1. The fraction of sp³-hybridized carbons (Fsp3) is 0.818. The molecule has 0 fully saturated rings. The Morgan fingerprint density at radius 3 is 2.62 bits per heavy atom. The van der Waals surface area contributed by atoms with Crippen LogP contribution in [0.25, 0.3) is 0 Å². The topological polar surface area (TPSA) is 54.2 Å². The molecule has 0 atom stereocenters. The van der Waals surface area contributed by atoms with E-state index in [4.69, 9.17) is 0 Å². The van der Waals surface area contributed by atoms with Gasteiger partial charge < -0.3 is 5.11 Å². The second kappa shape index (κ2) is 4.93. The van der Waals surface area contributed by atoms with E-state index in [2.05, 4.69) is 28.8 Å². The van der Waals surface area contributed by atoms with Crippen molar-refractivity contribution >= 4 is 0 Å². The first kappa shape index (κ1) is 13.1. The molecular formula is C11H22N4O. The summed E-state index contributed by atoms with van der Waals surface area (Å²) in [5, 5.41) is 13.5. The molecule has 1 N–H and O–H groups in total. The van der Waals surface area contributed by atoms with Gasteiger partial charge in [0.25, 0.3) is 0 Å². The average molecular weight is 226 g/mol. The Labute approximate surface area is 97.1 Å². The number of hydrogen-bond acceptors (Lipinski definition) is 4. The summed E-state index contributed by atoms with van der Waals surface area (Å²) in [6.45, 7) is 8.97. The molecule has 5 nitrogen and oxygen atoms in total. The Hall–Kier alpha value is -0.940. The molecule has 1 aromatic rings. The Morgan fingerprint density at radius 2 is 2.12 bits per heavy atom. The summed E-state index contributed by atoms with van der Waals surface area (Å²) in [6, 6.07) is 0.308. The standard InChI is InChI=1S/C11H22N4O/c1-9(2)15-10(12-8-13-15)6-14(5)11(3,4)7-16/h8-9,16H,6-7H2,1-5H3. The molecule has 0 bridgehead atoms. The number of hydrogen-bond donors (Lipinski definition) is 1. The first-order chi connectivity index (χ1) is 7.38. The van der Waals surface area contributed by atoms with E-state index in [0.717, 1.165) is 5.82 Å². The van der Waals surface area contributed by atoms with Gasteiger partial charge in [-0.05, 0) is 34.7 Å². The van der Waals surface area contributed by atoms with Crippen molar-refractivity contribution in [3.05, 3.63) is 12.2 Å². The first-order valence-electron chi connectivity index (χ1n) is 5.59. The van der Waals surface area contributed by atoms with Gasteiger partial charge in [-0.3, -0.25) is 4.90 Å². The van der Waals surface area contributed by atoms with E-state index in [1.807, 2.05) is 25.6 Å². The molecule has 0 aliphatic heterocycles. The van der Waals surface area contributed by atoms with Crippen LogP contribution in [0.4, 0.5) is 0 Å². The van der Waals surface area contributed by atoms with Gasteiger partial charge in [-0.1, -0.05) is 0 Å². The van der Waals surface area contributed by atoms with Gasteiger partial charge in [-0.15, -0.1) is 0 Å². The monoisotopic (exact) mass is 226 g/mol. The van der Waals surface area contributed by atoms with E-state index < -0.39 is 0 Å². The summed E-state index contributed by atoms with van der Waals surface area (Å²) in [5.74, 6) is 0.930. The summed E-state index contributed by atoms with van der Waals surface area (Å²) in [5.41, 5.74) is -0.242. The zero-order valence-corrected chi connectivity index (χ0v) is 10.8. The summed E-state index contributed by atoms with van der Waals surface area (Å²) in [4.78, 5) is 6.33. The van der Waals surface area contributed by atoms with Crippen molar-refractivity contribution in [2.24, 2.45) is 0 Å². The minimum Gasteiger partial charge on any atom is -0.394 e. The third-order valence-electron chi connectivity index (χ3n) is 2.94. The van der Waals surface area contributed by atoms with Crippen LogP contribution in [0, 0.1) is 0 Å². The van der Waals surface area contributed by atoms with Crippen molar-refractivity contribution in [1.29, 1.82) is 0 Å². The van der Waals surface area contributed by atoms with Gasteiger partial charge in [0.2, 0.25) is 0 Å². The van der Waals surface area contributed by atoms with E-state index >= 15 is 0 Å². The van der Waals surface area contributed by atoms with Gasteiger partial charge in [0.15, 0.2) is 0 Å². The predicted octanol–water partition coefficient (Wildman–Crippen LogP) is 1.06. The second-order valence-corrected chi connectivity index (χ2v) is 5.04. The summed E-state index contributed by atoms with van der Waals surface area (Å²) in [6.07, 6.45) is 1.58. The molecule has 0 unspecified atom stereocenters. The molecule has 5 heteroatoms. The number of aliphatic hydroxyl groups is 1. The van der Waals surface area contributed by atoms with Crippen LogP contribution in [0.3, 0.4) is 0 Å². The normalized spacial score (nSPS) is 12.8. The largest absolute Gasteiger partial charge is 0.394 e. The Balaban J connectivity index is 2.77. The Morgan fingerprint density at radius 1 is 1.50 bits per heavy atom. The lowest BCUT2D eigenvalue weighted by Gasteiger charge is -2.33. The van der Waals surface area contributed by atoms with E-state index in [1.54, 1.807) is 6.33 Å². The first-order valence-corrected chi connectivity index (χ1v) is 5.59. The van der Waals surface area contributed by atoms with Crippen molar-refractivity contribution in [3.8, 4) is 0 Å². The Bertz CT molecular complexity index is 332. The lowest BCUT2D eigenvalue weighted by Crippen LogP contribution is -2.44. The molecule has 0 amide bonds. The van der Waals surface area contributed by atoms with Crippen LogP contribution >= 0.6 is 0 Å². The summed E-state index contributed by atoms with van der Waals surface area (Å²) < 4.78 is 1.91. The highest BCUT2D eigenvalue weighted by molar-refractivity contribution is 4.89. The molecule has 0 spiro atoms. The molecule has 0 saturated carbocycles. The number of nitrogens with zero attached hydrogens (tertiary/aromatic N) is 4. The van der Waals surface area contributed by atoms with Crippen LogP contribution in [0.15, 0.2) is 6.33 Å². The van der Waals surface area contributed by atoms with Gasteiger partial charge in [0, 0.05) is 11.6 Å². The smallest absolute Gasteiger partial charge is 0.141 e. The number of likely N-dealkylation sites (N-methyl/N-ethyl adjacent to an activating group) is 1. The highest BCUT2D eigenvalue weighted by Crippen LogP contribution is 2.15. The zero-order valence-electron chi connectivity index (χ0n) is 10.8. The molecule has 0 aromatic carbocycles. The molecule has 1 rings (SSSR count). The van der Waals surface area contributed by atoms with Crippen LogP contribution in [0.1, 0.15) is 39.6 Å². The zero-order chi connectivity index (χ0) is 12.3. The lowest BCUT2D eigenvalue weighted by molar-refractivity contribution is 0.0700. The van der Waals surface area contributed by atoms with Crippen molar-refractivity contribution < 1.29 is 5.11 Å². The van der Waals surface area contributed by atoms with Crippen LogP contribution in [0.5, 0.6) is 0 Å². The maximum absolute atomic E-state index is 9.29. The quantitative estimate of drug-likeness (QED) is 0.815. The molecule has 0 aliphatic carbocycles. The molecule has 1 aromatic heterocycles. The number of aliphatic hydroxyl groups excluding tert-OH is 1. The highest BCUT2D eigenvalue weighted by atomic mass is 16.3.